The topological polar surface area (TPSA) is 75.2 Å². The van der Waals surface area contributed by atoms with Crippen LogP contribution in [0, 0.1) is 0 Å². The minimum Gasteiger partial charge on any atom is -0.454 e. The van der Waals surface area contributed by atoms with Crippen LogP contribution in [0.5, 0.6) is 11.5 Å². The number of ether oxygens (including phenoxy) is 2. The van der Waals surface area contributed by atoms with E-state index in [0.717, 1.165) is 6.21 Å². The summed E-state index contributed by atoms with van der Waals surface area (Å²) >= 11 is 0. The standard InChI is InChI=1S/C11H11N3O3/c1-2-14(11(15)6-13-12)8-3-4-9-10(5-8)17-7-16-9/h3-6H,2,7H2,1H3. The van der Waals surface area contributed by atoms with Crippen LogP contribution < -0.4 is 14.4 Å². The summed E-state index contributed by atoms with van der Waals surface area (Å²) < 4.78 is 10.4. The average Bonchev–Trinajstić information content (AvgIpc) is 2.77. The van der Waals surface area contributed by atoms with Crippen molar-refractivity contribution < 1.29 is 19.1 Å². The Balaban J connectivity index is 2.31. The number of carbonyl (C=O) groups is 1. The zero-order valence-corrected chi connectivity index (χ0v) is 9.29. The molecule has 2 rings (SSSR count). The molecule has 0 spiro atoms. The van der Waals surface area contributed by atoms with Crippen LogP contribution in [0.15, 0.2) is 18.2 Å². The number of anilines is 1. The van der Waals surface area contributed by atoms with Crippen LogP contribution in [0.1, 0.15) is 6.92 Å². The first kappa shape index (κ1) is 11.2. The molecule has 0 radical (unpaired) electrons. The Kier molecular flexibility index (Phi) is 3.07. The van der Waals surface area contributed by atoms with Crippen molar-refractivity contribution in [1.29, 1.82) is 0 Å². The van der Waals surface area contributed by atoms with Gasteiger partial charge in [-0.3, -0.25) is 4.79 Å². The van der Waals surface area contributed by atoms with Crippen LogP contribution in [-0.2, 0) is 4.79 Å². The van der Waals surface area contributed by atoms with Crippen molar-refractivity contribution >= 4 is 17.8 Å². The Bertz CT molecular complexity index is 495. The number of hydrogen-bond donors (Lipinski definition) is 0. The van der Waals surface area contributed by atoms with E-state index in [1.165, 1.54) is 4.90 Å². The number of fused-ring (bicyclic) bond motifs is 1. The van der Waals surface area contributed by atoms with E-state index in [2.05, 4.69) is 4.79 Å². The maximum atomic E-state index is 11.6. The van der Waals surface area contributed by atoms with Gasteiger partial charge in [0.15, 0.2) is 11.5 Å². The number of nitrogens with zero attached hydrogens (tertiary/aromatic N) is 3. The summed E-state index contributed by atoms with van der Waals surface area (Å²) in [5, 5.41) is 0. The molecule has 0 N–H and O–H groups in total. The largest absolute Gasteiger partial charge is 0.454 e. The Morgan fingerprint density at radius 2 is 2.29 bits per heavy atom. The van der Waals surface area contributed by atoms with Crippen molar-refractivity contribution in [2.24, 2.45) is 0 Å². The van der Waals surface area contributed by atoms with Gasteiger partial charge in [0, 0.05) is 18.3 Å². The van der Waals surface area contributed by atoms with Gasteiger partial charge >= 0.3 is 12.1 Å². The van der Waals surface area contributed by atoms with Crippen LogP contribution in [0.25, 0.3) is 5.53 Å². The van der Waals surface area contributed by atoms with E-state index in [1.807, 2.05) is 6.92 Å². The first-order chi connectivity index (χ1) is 8.26. The molecule has 0 saturated heterocycles. The molecule has 0 atom stereocenters. The highest BCUT2D eigenvalue weighted by Gasteiger charge is 2.19. The number of rotatable bonds is 3. The SMILES string of the molecule is CCN(C(=O)C=[N+]=[N-])c1ccc2c(c1)OCO2. The predicted molar refractivity (Wildman–Crippen MR) is 60.3 cm³/mol. The monoisotopic (exact) mass is 233 g/mol. The summed E-state index contributed by atoms with van der Waals surface area (Å²) in [6.45, 7) is 2.48. The molecule has 0 aromatic heterocycles. The summed E-state index contributed by atoms with van der Waals surface area (Å²) in [7, 11) is 0. The molecule has 1 aromatic carbocycles. The van der Waals surface area contributed by atoms with E-state index in [9.17, 15) is 4.79 Å². The zero-order valence-electron chi connectivity index (χ0n) is 9.29. The fourth-order valence-corrected chi connectivity index (χ4v) is 1.64. The smallest absolute Gasteiger partial charge is 0.345 e. The van der Waals surface area contributed by atoms with Crippen molar-refractivity contribution in [3.63, 3.8) is 0 Å². The highest BCUT2D eigenvalue weighted by Crippen LogP contribution is 2.35. The summed E-state index contributed by atoms with van der Waals surface area (Å²) in [6, 6.07) is 5.21. The van der Waals surface area contributed by atoms with Crippen molar-refractivity contribution in [3.8, 4) is 11.5 Å². The van der Waals surface area contributed by atoms with Crippen LogP contribution in [-0.4, -0.2) is 30.2 Å². The molecule has 6 heteroatoms. The minimum atomic E-state index is -0.395. The molecule has 1 aliphatic heterocycles. The lowest BCUT2D eigenvalue weighted by Gasteiger charge is -2.17. The van der Waals surface area contributed by atoms with E-state index in [-0.39, 0.29) is 6.79 Å². The maximum Gasteiger partial charge on any atom is 0.345 e. The quantitative estimate of drug-likeness (QED) is 0.445. The van der Waals surface area contributed by atoms with Gasteiger partial charge in [0.2, 0.25) is 6.79 Å². The van der Waals surface area contributed by atoms with Gasteiger partial charge in [-0.05, 0) is 19.1 Å². The Morgan fingerprint density at radius 1 is 1.53 bits per heavy atom. The van der Waals surface area contributed by atoms with E-state index in [0.29, 0.717) is 23.7 Å². The van der Waals surface area contributed by atoms with E-state index >= 15 is 0 Å². The normalized spacial score (nSPS) is 11.8. The summed E-state index contributed by atoms with van der Waals surface area (Å²) in [4.78, 5) is 15.8. The third-order valence-electron chi connectivity index (χ3n) is 2.42. The number of benzene rings is 1. The average molecular weight is 233 g/mol. The number of hydrogen-bond acceptors (Lipinski definition) is 3. The summed E-state index contributed by atoms with van der Waals surface area (Å²) in [6.07, 6.45) is 0.855. The van der Waals surface area contributed by atoms with Gasteiger partial charge in [0.05, 0.1) is 0 Å². The van der Waals surface area contributed by atoms with E-state index < -0.39 is 5.91 Å². The molecular weight excluding hydrogens is 222 g/mol. The van der Waals surface area contributed by atoms with Gasteiger partial charge in [-0.25, -0.2) is 0 Å². The first-order valence-electron chi connectivity index (χ1n) is 5.15. The Labute approximate surface area is 98.0 Å². The molecule has 1 aliphatic rings. The molecule has 0 unspecified atom stereocenters. The molecule has 1 aromatic rings. The van der Waals surface area contributed by atoms with E-state index in [4.69, 9.17) is 15.0 Å². The zero-order chi connectivity index (χ0) is 12.3. The highest BCUT2D eigenvalue weighted by atomic mass is 16.7. The Hall–Kier alpha value is -2.33. The highest BCUT2D eigenvalue weighted by molar-refractivity contribution is 6.30. The summed E-state index contributed by atoms with van der Waals surface area (Å²) in [5.41, 5.74) is 9.03. The van der Waals surface area contributed by atoms with Gasteiger partial charge in [-0.1, -0.05) is 0 Å². The molecular formula is C11H11N3O3. The van der Waals surface area contributed by atoms with Crippen LogP contribution >= 0.6 is 0 Å². The molecule has 6 nitrogen and oxygen atoms in total. The summed E-state index contributed by atoms with van der Waals surface area (Å²) in [5.74, 6) is 0.872. The molecule has 17 heavy (non-hydrogen) atoms. The van der Waals surface area contributed by atoms with Crippen LogP contribution in [0.2, 0.25) is 0 Å². The second-order valence-corrected chi connectivity index (χ2v) is 3.36. The predicted octanol–water partition coefficient (Wildman–Crippen LogP) is 1.07. The molecule has 0 aliphatic carbocycles. The second-order valence-electron chi connectivity index (χ2n) is 3.36. The molecule has 1 heterocycles. The van der Waals surface area contributed by atoms with Gasteiger partial charge in [-0.15, -0.1) is 0 Å². The second kappa shape index (κ2) is 4.67. The van der Waals surface area contributed by atoms with Crippen molar-refractivity contribution in [3.05, 3.63) is 23.7 Å². The lowest BCUT2D eigenvalue weighted by Crippen LogP contribution is -2.31. The maximum absolute atomic E-state index is 11.6. The van der Waals surface area contributed by atoms with Gasteiger partial charge < -0.3 is 19.9 Å². The van der Waals surface area contributed by atoms with E-state index in [1.54, 1.807) is 18.2 Å². The third kappa shape index (κ3) is 2.11. The fourth-order valence-electron chi connectivity index (χ4n) is 1.64. The molecule has 0 fully saturated rings. The van der Waals surface area contributed by atoms with Crippen LogP contribution in [0.3, 0.4) is 0 Å². The lowest BCUT2D eigenvalue weighted by molar-refractivity contribution is -0.115. The van der Waals surface area contributed by atoms with Gasteiger partial charge in [0.25, 0.3) is 0 Å². The third-order valence-corrected chi connectivity index (χ3v) is 2.42. The first-order valence-corrected chi connectivity index (χ1v) is 5.15. The Morgan fingerprint density at radius 3 is 3.00 bits per heavy atom. The van der Waals surface area contributed by atoms with Crippen molar-refractivity contribution in [2.75, 3.05) is 18.2 Å². The molecule has 0 saturated carbocycles. The molecule has 88 valence electrons. The van der Waals surface area contributed by atoms with Gasteiger partial charge in [-0.2, -0.15) is 4.79 Å². The van der Waals surface area contributed by atoms with Crippen molar-refractivity contribution in [1.82, 2.24) is 0 Å². The molecule has 1 amide bonds. The fraction of sp³-hybridized carbons (Fsp3) is 0.273. The minimum absolute atomic E-state index is 0.191. The lowest BCUT2D eigenvalue weighted by atomic mass is 10.2. The molecule has 0 bridgehead atoms. The van der Waals surface area contributed by atoms with Crippen molar-refractivity contribution in [2.45, 2.75) is 6.92 Å². The number of carbonyl (C=O) groups excluding carboxylic acids is 1. The van der Waals surface area contributed by atoms with Crippen LogP contribution in [0.4, 0.5) is 5.69 Å². The van der Waals surface area contributed by atoms with Gasteiger partial charge in [0.1, 0.15) is 0 Å². The number of amides is 1.